The van der Waals surface area contributed by atoms with E-state index in [9.17, 15) is 18.0 Å². The van der Waals surface area contributed by atoms with Crippen LogP contribution in [0.4, 0.5) is 0 Å². The predicted octanol–water partition coefficient (Wildman–Crippen LogP) is 0.759. The lowest BCUT2D eigenvalue weighted by molar-refractivity contribution is 0.0935. The molecule has 1 unspecified atom stereocenters. The third-order valence-corrected chi connectivity index (χ3v) is 6.00. The van der Waals surface area contributed by atoms with Crippen molar-refractivity contribution in [2.24, 2.45) is 0 Å². The number of hydrogen-bond acceptors (Lipinski definition) is 4. The Morgan fingerprint density at radius 2 is 2.10 bits per heavy atom. The monoisotopic (exact) mass is 310 g/mol. The third-order valence-electron chi connectivity index (χ3n) is 4.23. The SMILES string of the molecule is Cc1c(C(=O)NC2CCS(=O)(=O)C2)[nH]c2c1C(=O)CCC2. The molecule has 2 aliphatic rings. The van der Waals surface area contributed by atoms with Gasteiger partial charge >= 0.3 is 0 Å². The zero-order chi connectivity index (χ0) is 15.2. The first kappa shape index (κ1) is 14.3. The van der Waals surface area contributed by atoms with Crippen LogP contribution in [-0.2, 0) is 16.3 Å². The number of amides is 1. The number of carbonyl (C=O) groups excluding carboxylic acids is 2. The second-order valence-electron chi connectivity index (χ2n) is 5.83. The van der Waals surface area contributed by atoms with Gasteiger partial charge in [-0.2, -0.15) is 0 Å². The van der Waals surface area contributed by atoms with Crippen molar-refractivity contribution in [1.29, 1.82) is 0 Å². The number of fused-ring (bicyclic) bond motifs is 1. The molecule has 2 heterocycles. The van der Waals surface area contributed by atoms with Crippen molar-refractivity contribution in [1.82, 2.24) is 10.3 Å². The van der Waals surface area contributed by atoms with Crippen LogP contribution in [0, 0.1) is 6.92 Å². The van der Waals surface area contributed by atoms with Gasteiger partial charge in [-0.05, 0) is 31.7 Å². The smallest absolute Gasteiger partial charge is 0.268 e. The van der Waals surface area contributed by atoms with Gasteiger partial charge < -0.3 is 10.3 Å². The lowest BCUT2D eigenvalue weighted by Crippen LogP contribution is -2.36. The lowest BCUT2D eigenvalue weighted by Gasteiger charge is -2.10. The molecule has 0 saturated carbocycles. The minimum absolute atomic E-state index is 0.00284. The minimum atomic E-state index is -3.02. The van der Waals surface area contributed by atoms with E-state index in [1.807, 2.05) is 0 Å². The molecule has 1 fully saturated rings. The van der Waals surface area contributed by atoms with Gasteiger partial charge in [-0.3, -0.25) is 9.59 Å². The third kappa shape index (κ3) is 2.62. The molecule has 1 aromatic rings. The van der Waals surface area contributed by atoms with Crippen LogP contribution in [-0.4, -0.2) is 42.6 Å². The summed E-state index contributed by atoms with van der Waals surface area (Å²) in [6, 6.07) is -0.335. The molecule has 1 atom stereocenters. The Labute approximate surface area is 123 Å². The number of aromatic nitrogens is 1. The average molecular weight is 310 g/mol. The quantitative estimate of drug-likeness (QED) is 0.843. The first-order valence-electron chi connectivity index (χ1n) is 7.13. The summed E-state index contributed by atoms with van der Waals surface area (Å²) in [4.78, 5) is 27.3. The second-order valence-corrected chi connectivity index (χ2v) is 8.06. The van der Waals surface area contributed by atoms with Crippen LogP contribution in [0.1, 0.15) is 51.4 Å². The van der Waals surface area contributed by atoms with Crippen LogP contribution in [0.25, 0.3) is 0 Å². The Morgan fingerprint density at radius 3 is 2.71 bits per heavy atom. The molecule has 0 spiro atoms. The Balaban J connectivity index is 1.81. The fraction of sp³-hybridized carbons (Fsp3) is 0.571. The largest absolute Gasteiger partial charge is 0.354 e. The maximum Gasteiger partial charge on any atom is 0.268 e. The number of ketones is 1. The molecular formula is C14H18N2O4S. The molecule has 6 nitrogen and oxygen atoms in total. The fourth-order valence-electron chi connectivity index (χ4n) is 3.17. The normalized spacial score (nSPS) is 23.9. The molecule has 0 bridgehead atoms. The molecular weight excluding hydrogens is 292 g/mol. The van der Waals surface area contributed by atoms with E-state index in [1.54, 1.807) is 6.92 Å². The van der Waals surface area contributed by atoms with Gasteiger partial charge in [0.2, 0.25) is 0 Å². The van der Waals surface area contributed by atoms with Crippen LogP contribution < -0.4 is 5.32 Å². The van der Waals surface area contributed by atoms with E-state index >= 15 is 0 Å². The van der Waals surface area contributed by atoms with Crippen LogP contribution in [0.5, 0.6) is 0 Å². The maximum atomic E-state index is 12.3. The fourth-order valence-corrected chi connectivity index (χ4v) is 4.84. The molecule has 1 aromatic heterocycles. The minimum Gasteiger partial charge on any atom is -0.354 e. The van der Waals surface area contributed by atoms with Gasteiger partial charge in [-0.15, -0.1) is 0 Å². The maximum absolute atomic E-state index is 12.3. The molecule has 1 aliphatic carbocycles. The number of H-pyrrole nitrogens is 1. The molecule has 21 heavy (non-hydrogen) atoms. The van der Waals surface area contributed by atoms with Crippen LogP contribution in [0.2, 0.25) is 0 Å². The summed E-state index contributed by atoms with van der Waals surface area (Å²) in [5.41, 5.74) is 2.53. The Bertz CT molecular complexity index is 718. The molecule has 0 radical (unpaired) electrons. The van der Waals surface area contributed by atoms with E-state index in [2.05, 4.69) is 10.3 Å². The number of aromatic amines is 1. The number of Topliss-reactive ketones (excluding diaryl/α,β-unsaturated/α-hetero) is 1. The van der Waals surface area contributed by atoms with Crippen molar-refractivity contribution < 1.29 is 18.0 Å². The van der Waals surface area contributed by atoms with Gasteiger partial charge in [0.25, 0.3) is 5.91 Å². The van der Waals surface area contributed by atoms with Gasteiger partial charge in [-0.1, -0.05) is 0 Å². The van der Waals surface area contributed by atoms with Gasteiger partial charge in [0.15, 0.2) is 15.6 Å². The van der Waals surface area contributed by atoms with E-state index in [-0.39, 0.29) is 29.2 Å². The Kier molecular flexibility index (Phi) is 3.39. The number of aryl methyl sites for hydroxylation is 1. The van der Waals surface area contributed by atoms with Gasteiger partial charge in [0.05, 0.1) is 11.5 Å². The molecule has 114 valence electrons. The summed E-state index contributed by atoms with van der Waals surface area (Å²) in [7, 11) is -3.02. The standard InChI is InChI=1S/C14H18N2O4S/c1-8-12-10(3-2-4-11(12)17)16-13(8)14(18)15-9-5-6-21(19,20)7-9/h9,16H,2-7H2,1H3,(H,15,18). The predicted molar refractivity (Wildman–Crippen MR) is 77.3 cm³/mol. The summed E-state index contributed by atoms with van der Waals surface area (Å²) in [6.07, 6.45) is 2.54. The molecule has 2 N–H and O–H groups in total. The Morgan fingerprint density at radius 1 is 1.33 bits per heavy atom. The van der Waals surface area contributed by atoms with Crippen LogP contribution in [0.15, 0.2) is 0 Å². The van der Waals surface area contributed by atoms with E-state index in [1.165, 1.54) is 0 Å². The zero-order valence-electron chi connectivity index (χ0n) is 11.9. The van der Waals surface area contributed by atoms with E-state index in [0.29, 0.717) is 29.7 Å². The number of nitrogens with one attached hydrogen (secondary N) is 2. The summed E-state index contributed by atoms with van der Waals surface area (Å²) in [5.74, 6) is -0.127. The first-order valence-corrected chi connectivity index (χ1v) is 8.95. The van der Waals surface area contributed by atoms with E-state index < -0.39 is 9.84 Å². The molecule has 1 aliphatic heterocycles. The van der Waals surface area contributed by atoms with E-state index in [0.717, 1.165) is 18.5 Å². The van der Waals surface area contributed by atoms with E-state index in [4.69, 9.17) is 0 Å². The van der Waals surface area contributed by atoms with Gasteiger partial charge in [0, 0.05) is 23.7 Å². The summed E-state index contributed by atoms with van der Waals surface area (Å²) < 4.78 is 22.8. The topological polar surface area (TPSA) is 96.1 Å². The van der Waals surface area contributed by atoms with Crippen molar-refractivity contribution in [2.45, 2.75) is 38.6 Å². The number of sulfone groups is 1. The highest BCUT2D eigenvalue weighted by atomic mass is 32.2. The molecule has 1 amide bonds. The molecule has 1 saturated heterocycles. The average Bonchev–Trinajstić information content (AvgIpc) is 2.91. The highest BCUT2D eigenvalue weighted by molar-refractivity contribution is 7.91. The first-order chi connectivity index (χ1) is 9.87. The summed E-state index contributed by atoms with van der Waals surface area (Å²) in [6.45, 7) is 1.76. The summed E-state index contributed by atoms with van der Waals surface area (Å²) in [5, 5.41) is 2.75. The van der Waals surface area contributed by atoms with Gasteiger partial charge in [-0.25, -0.2) is 8.42 Å². The number of rotatable bonds is 2. The van der Waals surface area contributed by atoms with Crippen molar-refractivity contribution in [3.8, 4) is 0 Å². The zero-order valence-corrected chi connectivity index (χ0v) is 12.7. The highest BCUT2D eigenvalue weighted by Gasteiger charge is 2.31. The molecule has 7 heteroatoms. The summed E-state index contributed by atoms with van der Waals surface area (Å²) >= 11 is 0. The van der Waals surface area contributed by atoms with Crippen molar-refractivity contribution in [3.05, 3.63) is 22.5 Å². The molecule has 0 aromatic carbocycles. The number of carbonyl (C=O) groups is 2. The van der Waals surface area contributed by atoms with Crippen LogP contribution >= 0.6 is 0 Å². The lowest BCUT2D eigenvalue weighted by atomic mass is 9.94. The molecule has 3 rings (SSSR count). The number of hydrogen-bond donors (Lipinski definition) is 2. The van der Waals surface area contributed by atoms with Crippen molar-refractivity contribution in [2.75, 3.05) is 11.5 Å². The van der Waals surface area contributed by atoms with Crippen molar-refractivity contribution >= 4 is 21.5 Å². The van der Waals surface area contributed by atoms with Crippen LogP contribution in [0.3, 0.4) is 0 Å². The highest BCUT2D eigenvalue weighted by Crippen LogP contribution is 2.26. The van der Waals surface area contributed by atoms with Crippen molar-refractivity contribution in [3.63, 3.8) is 0 Å². The van der Waals surface area contributed by atoms with Gasteiger partial charge in [0.1, 0.15) is 5.69 Å². The Hall–Kier alpha value is -1.63. The second kappa shape index (κ2) is 4.98.